The van der Waals surface area contributed by atoms with Crippen LogP contribution in [0.15, 0.2) is 0 Å². The molecule has 4 N–H and O–H groups in total. The van der Waals surface area contributed by atoms with Crippen LogP contribution in [0.5, 0.6) is 0 Å². The summed E-state index contributed by atoms with van der Waals surface area (Å²) in [4.78, 5) is 11.3. The van der Waals surface area contributed by atoms with Gasteiger partial charge < -0.3 is 0 Å². The van der Waals surface area contributed by atoms with Gasteiger partial charge in [0.2, 0.25) is 0 Å². The van der Waals surface area contributed by atoms with Gasteiger partial charge in [0.15, 0.2) is 0 Å². The fourth-order valence-electron chi connectivity index (χ4n) is 19.3. The Kier molecular flexibility index (Phi) is 0.213. The second-order valence-corrected chi connectivity index (χ2v) is 34.6. The molecular formula is C14H20FeN2. The van der Waals surface area contributed by atoms with Crippen LogP contribution in [0.3, 0.4) is 0 Å². The van der Waals surface area contributed by atoms with E-state index in [1.165, 1.54) is 51.4 Å². The van der Waals surface area contributed by atoms with Gasteiger partial charge >= 0.3 is 91.1 Å². The Hall–Kier alpha value is 0.439. The molecule has 94 valence electrons. The van der Waals surface area contributed by atoms with Gasteiger partial charge in [0.25, 0.3) is 0 Å². The molecule has 17 heavy (non-hydrogen) atoms. The Morgan fingerprint density at radius 2 is 1.06 bits per heavy atom. The van der Waals surface area contributed by atoms with E-state index in [0.29, 0.717) is 0 Å². The van der Waals surface area contributed by atoms with Gasteiger partial charge in [-0.25, -0.2) is 0 Å². The van der Waals surface area contributed by atoms with Crippen molar-refractivity contribution in [3.8, 4) is 0 Å². The van der Waals surface area contributed by atoms with E-state index in [2.05, 4.69) is 0 Å². The molecule has 0 aliphatic carbocycles. The number of hydrogen-bond donors (Lipinski definition) is 2. The third kappa shape index (κ3) is 0.0624. The molecule has 0 aromatic carbocycles. The van der Waals surface area contributed by atoms with Crippen molar-refractivity contribution in [2.75, 3.05) is 13.1 Å². The Labute approximate surface area is 91.1 Å². The molecule has 2 nitrogen and oxygen atoms in total. The Morgan fingerprint density at radius 1 is 0.706 bits per heavy atom. The summed E-state index contributed by atoms with van der Waals surface area (Å²) in [6, 6.07) is 0. The third-order valence-electron chi connectivity index (χ3n) is 16.5. The van der Waals surface area contributed by atoms with Crippen molar-refractivity contribution in [3.05, 3.63) is 0 Å². The van der Waals surface area contributed by atoms with Gasteiger partial charge in [0.05, 0.1) is 0 Å². The molecule has 0 radical (unpaired) electrons. The number of hydrogen-bond acceptors (Lipinski definition) is 2. The molecule has 10 fully saturated rings. The monoisotopic (exact) mass is 272 g/mol. The number of rotatable bonds is 4. The maximum atomic E-state index is 6.05. The first-order valence-corrected chi connectivity index (χ1v) is 13.9. The first-order chi connectivity index (χ1) is 8.05. The predicted octanol–water partition coefficient (Wildman–Crippen LogP) is 2.81. The van der Waals surface area contributed by atoms with E-state index in [1.54, 1.807) is 0 Å². The van der Waals surface area contributed by atoms with Crippen LogP contribution in [0.2, 0.25) is 47.2 Å². The second-order valence-electron chi connectivity index (χ2n) is 11.2. The van der Waals surface area contributed by atoms with Gasteiger partial charge in [-0.15, -0.1) is 0 Å². The molecular weight excluding hydrogens is 252 g/mol. The first-order valence-electron chi connectivity index (χ1n) is 7.66. The van der Waals surface area contributed by atoms with Crippen molar-refractivity contribution < 1.29 is 6.51 Å². The van der Waals surface area contributed by atoms with Crippen LogP contribution < -0.4 is 11.5 Å². The molecule has 3 heteroatoms. The Balaban J connectivity index is 1.61. The predicted molar refractivity (Wildman–Crippen MR) is 62.7 cm³/mol. The third-order valence-corrected chi connectivity index (χ3v) is 60.6. The van der Waals surface area contributed by atoms with Gasteiger partial charge in [0, 0.05) is 0 Å². The molecule has 8 unspecified atom stereocenters. The van der Waals surface area contributed by atoms with Crippen molar-refractivity contribution in [1.29, 1.82) is 0 Å². The number of nitrogens with two attached hydrogens (primary N) is 2. The molecule has 10 aliphatic heterocycles. The summed E-state index contributed by atoms with van der Waals surface area (Å²) in [6.07, 6.45) is 2.96. The quantitative estimate of drug-likeness (QED) is 0.773. The molecule has 8 atom stereocenters. The summed E-state index contributed by atoms with van der Waals surface area (Å²) < 4.78 is 2.05. The molecule has 0 amide bonds. The van der Waals surface area contributed by atoms with E-state index in [-0.39, 0.29) is 0 Å². The fraction of sp³-hybridized carbons (Fsp3) is 1.00. The van der Waals surface area contributed by atoms with E-state index in [4.69, 9.17) is 11.5 Å². The molecule has 10 heterocycles. The molecule has 10 aliphatic rings. The van der Waals surface area contributed by atoms with E-state index in [9.17, 15) is 0 Å². The standard InChI is InChI=1S/2C7H10N.Fe/c2*8-6-5-7-3-1-2-4-7;/h2*1-4H,5-6,8H2;. The zero-order valence-electron chi connectivity index (χ0n) is 9.96. The molecule has 1 spiro atoms. The zero-order valence-corrected chi connectivity index (χ0v) is 11.1. The van der Waals surface area contributed by atoms with E-state index in [1.807, 2.05) is 0 Å². The van der Waals surface area contributed by atoms with Crippen LogP contribution in [-0.4, -0.2) is 13.1 Å². The fourth-order valence-corrected chi connectivity index (χ4v) is 97.7. The summed E-state index contributed by atoms with van der Waals surface area (Å²) in [5.41, 5.74) is 12.1. The summed E-state index contributed by atoms with van der Waals surface area (Å²) >= 11 is 0. The van der Waals surface area contributed by atoms with E-state index < -0.39 is 6.51 Å². The van der Waals surface area contributed by atoms with E-state index in [0.717, 1.165) is 21.7 Å². The van der Waals surface area contributed by atoms with Crippen LogP contribution in [0.4, 0.5) is 0 Å². The number of fused-ring (bicyclic) bond motifs is 10. The first kappa shape index (κ1) is 6.74. The van der Waals surface area contributed by atoms with Crippen molar-refractivity contribution >= 4 is 0 Å². The average Bonchev–Trinajstić information content (AvgIpc) is 3.24. The average molecular weight is 272 g/mol. The van der Waals surface area contributed by atoms with Crippen LogP contribution in [0.25, 0.3) is 0 Å². The minimum absolute atomic E-state index is 1.01. The van der Waals surface area contributed by atoms with Crippen molar-refractivity contribution in [1.82, 2.24) is 0 Å². The van der Waals surface area contributed by atoms with Gasteiger partial charge in [0.1, 0.15) is 0 Å². The zero-order chi connectivity index (χ0) is 10.8. The van der Waals surface area contributed by atoms with Crippen molar-refractivity contribution in [3.63, 3.8) is 0 Å². The van der Waals surface area contributed by atoms with Gasteiger partial charge in [-0.3, -0.25) is 0 Å². The van der Waals surface area contributed by atoms with Gasteiger partial charge in [-0.05, 0) is 0 Å². The maximum absolute atomic E-state index is 6.05. The molecule has 0 aromatic heterocycles. The molecule has 0 bridgehead atoms. The Morgan fingerprint density at radius 3 is 1.29 bits per heavy atom. The van der Waals surface area contributed by atoms with Crippen LogP contribution >= 0.6 is 0 Å². The molecule has 10 saturated heterocycles. The Bertz CT molecular complexity index is 889. The molecule has 0 saturated carbocycles. The van der Waals surface area contributed by atoms with Crippen LogP contribution in [-0.2, 0) is 6.51 Å². The topological polar surface area (TPSA) is 52.0 Å². The summed E-state index contributed by atoms with van der Waals surface area (Å²) in [6.45, 7) is -0.935. The van der Waals surface area contributed by atoms with Crippen molar-refractivity contribution in [2.24, 2.45) is 11.5 Å². The SMILES string of the molecule is NCC[C]12[CH]3[CH]4[CH]5[CH]1[Fe]45321678[CH]2[CH]1[CH]6[C]7(CCN)[CH]28. The summed E-state index contributed by atoms with van der Waals surface area (Å²) in [7, 11) is 0. The second kappa shape index (κ2) is 0.537. The normalized spacial score (nSPS) is 124. The van der Waals surface area contributed by atoms with Crippen molar-refractivity contribution in [2.45, 2.75) is 60.0 Å². The molecule has 0 aromatic rings. The summed E-state index contributed by atoms with van der Waals surface area (Å²) in [5.74, 6) is 0. The van der Waals surface area contributed by atoms with Gasteiger partial charge in [-0.1, -0.05) is 0 Å². The van der Waals surface area contributed by atoms with Gasteiger partial charge in [-0.2, -0.15) is 0 Å². The minimum atomic E-state index is -2.95. The van der Waals surface area contributed by atoms with Crippen LogP contribution in [0, 0.1) is 0 Å². The van der Waals surface area contributed by atoms with E-state index >= 15 is 0 Å². The molecule has 10 rings (SSSR count). The van der Waals surface area contributed by atoms with Crippen LogP contribution in [0.1, 0.15) is 12.8 Å². The summed E-state index contributed by atoms with van der Waals surface area (Å²) in [5, 5.41) is 0.